The van der Waals surface area contributed by atoms with Gasteiger partial charge in [-0.2, -0.15) is 0 Å². The minimum atomic E-state index is 0.875. The normalized spacial score (nSPS) is 16.2. The summed E-state index contributed by atoms with van der Waals surface area (Å²) in [5.41, 5.74) is 0. The molecule has 0 aromatic rings. The van der Waals surface area contributed by atoms with Gasteiger partial charge in [0.2, 0.25) is 0 Å². The zero-order valence-corrected chi connectivity index (χ0v) is 9.93. The molecule has 15 heavy (non-hydrogen) atoms. The van der Waals surface area contributed by atoms with Crippen molar-refractivity contribution in [2.75, 3.05) is 26.3 Å². The molecule has 0 saturated heterocycles. The zero-order valence-electron chi connectivity index (χ0n) is 9.93. The predicted molar refractivity (Wildman–Crippen MR) is 64.5 cm³/mol. The predicted octanol–water partition coefficient (Wildman–Crippen LogP) is 2.37. The molecule has 0 spiro atoms. The van der Waals surface area contributed by atoms with E-state index in [1.54, 1.807) is 0 Å². The van der Waals surface area contributed by atoms with Crippen molar-refractivity contribution < 1.29 is 4.74 Å². The SMILES string of the molecule is CCCCOCCCNC1=NCCCC1. The molecule has 1 heterocycles. The molecule has 0 saturated carbocycles. The van der Waals surface area contributed by atoms with E-state index in [4.69, 9.17) is 4.74 Å². The Hall–Kier alpha value is -0.570. The standard InChI is InChI=1S/C12H24N2O/c1-2-3-10-15-11-6-9-14-12-7-4-5-8-13-12/h2-11H2,1H3,(H,13,14). The summed E-state index contributed by atoms with van der Waals surface area (Å²) in [5, 5.41) is 3.38. The molecule has 1 aliphatic heterocycles. The average molecular weight is 212 g/mol. The summed E-state index contributed by atoms with van der Waals surface area (Å²) in [6.07, 6.45) is 7.17. The Morgan fingerprint density at radius 3 is 2.87 bits per heavy atom. The van der Waals surface area contributed by atoms with Gasteiger partial charge in [0.05, 0.1) is 5.84 Å². The third kappa shape index (κ3) is 6.50. The smallest absolute Gasteiger partial charge is 0.0963 e. The molecule has 0 fully saturated rings. The van der Waals surface area contributed by atoms with Crippen molar-refractivity contribution in [3.8, 4) is 0 Å². The van der Waals surface area contributed by atoms with Gasteiger partial charge in [-0.1, -0.05) is 13.3 Å². The highest BCUT2D eigenvalue weighted by molar-refractivity contribution is 5.82. The minimum Gasteiger partial charge on any atom is -0.381 e. The Kier molecular flexibility index (Phi) is 7.26. The summed E-state index contributed by atoms with van der Waals surface area (Å²) in [6.45, 7) is 5.99. The Bertz CT molecular complexity index is 180. The van der Waals surface area contributed by atoms with Crippen LogP contribution < -0.4 is 5.32 Å². The zero-order chi connectivity index (χ0) is 10.8. The maximum absolute atomic E-state index is 5.48. The summed E-state index contributed by atoms with van der Waals surface area (Å²) in [5.74, 6) is 1.20. The van der Waals surface area contributed by atoms with E-state index in [0.29, 0.717) is 0 Å². The van der Waals surface area contributed by atoms with E-state index in [-0.39, 0.29) is 0 Å². The number of nitrogens with one attached hydrogen (secondary N) is 1. The fourth-order valence-electron chi connectivity index (χ4n) is 1.60. The van der Waals surface area contributed by atoms with Gasteiger partial charge >= 0.3 is 0 Å². The second-order valence-electron chi connectivity index (χ2n) is 4.03. The van der Waals surface area contributed by atoms with Crippen LogP contribution in [-0.2, 0) is 4.74 Å². The molecule has 1 rings (SSSR count). The Labute approximate surface area is 93.3 Å². The Morgan fingerprint density at radius 1 is 1.27 bits per heavy atom. The third-order valence-electron chi connectivity index (χ3n) is 2.56. The van der Waals surface area contributed by atoms with Crippen LogP contribution in [0, 0.1) is 0 Å². The first-order chi connectivity index (χ1) is 7.43. The number of amidine groups is 1. The van der Waals surface area contributed by atoms with Crippen LogP contribution in [-0.4, -0.2) is 32.1 Å². The van der Waals surface area contributed by atoms with Crippen molar-refractivity contribution in [2.24, 2.45) is 4.99 Å². The first-order valence-electron chi connectivity index (χ1n) is 6.28. The molecular weight excluding hydrogens is 188 g/mol. The highest BCUT2D eigenvalue weighted by Crippen LogP contribution is 2.03. The van der Waals surface area contributed by atoms with Crippen molar-refractivity contribution in [1.29, 1.82) is 0 Å². The maximum Gasteiger partial charge on any atom is 0.0963 e. The Balaban J connectivity index is 1.86. The van der Waals surface area contributed by atoms with E-state index in [1.165, 1.54) is 31.5 Å². The van der Waals surface area contributed by atoms with E-state index in [0.717, 1.165) is 39.1 Å². The second kappa shape index (κ2) is 8.72. The van der Waals surface area contributed by atoms with Crippen molar-refractivity contribution >= 4 is 5.84 Å². The minimum absolute atomic E-state index is 0.875. The molecule has 0 aromatic heterocycles. The summed E-state index contributed by atoms with van der Waals surface area (Å²) in [4.78, 5) is 4.44. The lowest BCUT2D eigenvalue weighted by Gasteiger charge is -2.13. The van der Waals surface area contributed by atoms with Crippen LogP contribution in [0.15, 0.2) is 4.99 Å². The van der Waals surface area contributed by atoms with Crippen LogP contribution in [0.3, 0.4) is 0 Å². The molecule has 0 amide bonds. The van der Waals surface area contributed by atoms with Crippen molar-refractivity contribution in [2.45, 2.75) is 45.4 Å². The number of hydrogen-bond donors (Lipinski definition) is 1. The number of unbranched alkanes of at least 4 members (excludes halogenated alkanes) is 1. The van der Waals surface area contributed by atoms with Gasteiger partial charge in [0.15, 0.2) is 0 Å². The van der Waals surface area contributed by atoms with Crippen molar-refractivity contribution in [3.05, 3.63) is 0 Å². The molecule has 0 aliphatic carbocycles. The van der Waals surface area contributed by atoms with Crippen LogP contribution in [0.1, 0.15) is 45.4 Å². The molecule has 0 atom stereocenters. The summed E-state index contributed by atoms with van der Waals surface area (Å²) < 4.78 is 5.48. The second-order valence-corrected chi connectivity index (χ2v) is 4.03. The van der Waals surface area contributed by atoms with E-state index < -0.39 is 0 Å². The first-order valence-corrected chi connectivity index (χ1v) is 6.28. The van der Waals surface area contributed by atoms with E-state index in [1.807, 2.05) is 0 Å². The highest BCUT2D eigenvalue weighted by atomic mass is 16.5. The summed E-state index contributed by atoms with van der Waals surface area (Å²) in [6, 6.07) is 0. The van der Waals surface area contributed by atoms with Crippen molar-refractivity contribution in [1.82, 2.24) is 5.32 Å². The topological polar surface area (TPSA) is 33.6 Å². The molecule has 88 valence electrons. The van der Waals surface area contributed by atoms with E-state index in [9.17, 15) is 0 Å². The van der Waals surface area contributed by atoms with Crippen LogP contribution in [0.4, 0.5) is 0 Å². The molecule has 0 aromatic carbocycles. The molecule has 3 heteroatoms. The highest BCUT2D eigenvalue weighted by Gasteiger charge is 2.03. The number of nitrogens with zero attached hydrogens (tertiary/aromatic N) is 1. The number of aliphatic imine (C=N–C) groups is 1. The molecule has 3 nitrogen and oxygen atoms in total. The molecule has 1 N–H and O–H groups in total. The lowest BCUT2D eigenvalue weighted by molar-refractivity contribution is 0.129. The average Bonchev–Trinajstić information content (AvgIpc) is 2.29. The Morgan fingerprint density at radius 2 is 2.13 bits per heavy atom. The quantitative estimate of drug-likeness (QED) is 0.657. The molecule has 1 aliphatic rings. The largest absolute Gasteiger partial charge is 0.381 e. The molecular formula is C12H24N2O. The number of hydrogen-bond acceptors (Lipinski definition) is 3. The van der Waals surface area contributed by atoms with Crippen LogP contribution in [0.25, 0.3) is 0 Å². The van der Waals surface area contributed by atoms with Crippen LogP contribution in [0.5, 0.6) is 0 Å². The molecule has 0 bridgehead atoms. The monoisotopic (exact) mass is 212 g/mol. The van der Waals surface area contributed by atoms with Crippen LogP contribution >= 0.6 is 0 Å². The first kappa shape index (κ1) is 12.5. The van der Waals surface area contributed by atoms with Gasteiger partial charge in [-0.15, -0.1) is 0 Å². The lowest BCUT2D eigenvalue weighted by Crippen LogP contribution is -2.27. The number of ether oxygens (including phenoxy) is 1. The van der Waals surface area contributed by atoms with Gasteiger partial charge < -0.3 is 10.1 Å². The summed E-state index contributed by atoms with van der Waals surface area (Å²) >= 11 is 0. The van der Waals surface area contributed by atoms with E-state index in [2.05, 4.69) is 17.2 Å². The fourth-order valence-corrected chi connectivity index (χ4v) is 1.60. The number of rotatable bonds is 7. The van der Waals surface area contributed by atoms with Gasteiger partial charge in [-0.25, -0.2) is 0 Å². The van der Waals surface area contributed by atoms with Gasteiger partial charge in [0.25, 0.3) is 0 Å². The van der Waals surface area contributed by atoms with E-state index >= 15 is 0 Å². The van der Waals surface area contributed by atoms with Crippen LogP contribution in [0.2, 0.25) is 0 Å². The van der Waals surface area contributed by atoms with Gasteiger partial charge in [0, 0.05) is 32.7 Å². The summed E-state index contributed by atoms with van der Waals surface area (Å²) in [7, 11) is 0. The third-order valence-corrected chi connectivity index (χ3v) is 2.56. The van der Waals surface area contributed by atoms with Gasteiger partial charge in [-0.3, -0.25) is 4.99 Å². The molecule has 0 radical (unpaired) electrons. The van der Waals surface area contributed by atoms with Crippen molar-refractivity contribution in [3.63, 3.8) is 0 Å². The maximum atomic E-state index is 5.48. The molecule has 0 unspecified atom stereocenters. The van der Waals surface area contributed by atoms with Gasteiger partial charge in [0.1, 0.15) is 0 Å². The van der Waals surface area contributed by atoms with Gasteiger partial charge in [-0.05, 0) is 25.7 Å². The fraction of sp³-hybridized carbons (Fsp3) is 0.917. The lowest BCUT2D eigenvalue weighted by atomic mass is 10.2.